The van der Waals surface area contributed by atoms with Crippen LogP contribution in [0, 0.1) is 6.92 Å². The van der Waals surface area contributed by atoms with Crippen LogP contribution in [-0.2, 0) is 20.9 Å². The zero-order valence-corrected chi connectivity index (χ0v) is 17.3. The molecule has 0 amide bonds. The standard InChI is InChI=1S/C20H30N2O4.ClH/c1-14-8-5-6-9-15(14)12-22(13-17(23)24)18(16-10-7-11-21-16)19(25)26-20(2,3)4;/h5-6,8-9,16,18,21H,7,10-13H2,1-4H3,(H,23,24);1H/t16-,18?;/m0./s1. The molecule has 1 aliphatic heterocycles. The van der Waals surface area contributed by atoms with E-state index in [0.717, 1.165) is 30.5 Å². The van der Waals surface area contributed by atoms with Gasteiger partial charge in [-0.25, -0.2) is 0 Å². The van der Waals surface area contributed by atoms with Gasteiger partial charge in [-0.1, -0.05) is 24.3 Å². The number of carbonyl (C=O) groups excluding carboxylic acids is 1. The average molecular weight is 399 g/mol. The summed E-state index contributed by atoms with van der Waals surface area (Å²) < 4.78 is 5.63. The number of nitrogens with one attached hydrogen (secondary N) is 1. The lowest BCUT2D eigenvalue weighted by Gasteiger charge is -2.35. The summed E-state index contributed by atoms with van der Waals surface area (Å²) in [6.07, 6.45) is 1.79. The Labute approximate surface area is 167 Å². The minimum Gasteiger partial charge on any atom is -0.480 e. The van der Waals surface area contributed by atoms with Crippen LogP contribution < -0.4 is 5.32 Å². The van der Waals surface area contributed by atoms with Gasteiger partial charge in [-0.05, 0) is 58.2 Å². The van der Waals surface area contributed by atoms with Crippen LogP contribution in [-0.4, -0.2) is 52.7 Å². The topological polar surface area (TPSA) is 78.9 Å². The SMILES string of the molecule is Cc1ccccc1CN(CC(=O)O)C(C(=O)OC(C)(C)C)[C@@H]1CCCN1.Cl. The van der Waals surface area contributed by atoms with Crippen LogP contribution in [0.1, 0.15) is 44.7 Å². The molecule has 27 heavy (non-hydrogen) atoms. The number of esters is 1. The summed E-state index contributed by atoms with van der Waals surface area (Å²) >= 11 is 0. The first-order valence-electron chi connectivity index (χ1n) is 9.14. The number of nitrogens with zero attached hydrogens (tertiary/aromatic N) is 1. The maximum absolute atomic E-state index is 12.9. The summed E-state index contributed by atoms with van der Waals surface area (Å²) in [5, 5.41) is 12.8. The number of benzene rings is 1. The smallest absolute Gasteiger partial charge is 0.325 e. The highest BCUT2D eigenvalue weighted by Crippen LogP contribution is 2.22. The largest absolute Gasteiger partial charge is 0.480 e. The third-order valence-electron chi connectivity index (χ3n) is 4.49. The molecular weight excluding hydrogens is 368 g/mol. The number of carboxylic acids is 1. The number of rotatable bonds is 7. The van der Waals surface area contributed by atoms with Gasteiger partial charge in [0.2, 0.25) is 0 Å². The number of aryl methyl sites for hydroxylation is 1. The first kappa shape index (κ1) is 23.4. The minimum absolute atomic E-state index is 0. The van der Waals surface area contributed by atoms with Crippen molar-refractivity contribution in [3.05, 3.63) is 35.4 Å². The Balaban J connectivity index is 0.00000364. The Morgan fingerprint density at radius 2 is 2.00 bits per heavy atom. The van der Waals surface area contributed by atoms with E-state index in [9.17, 15) is 14.7 Å². The maximum Gasteiger partial charge on any atom is 0.325 e. The van der Waals surface area contributed by atoms with Crippen LogP contribution in [0.2, 0.25) is 0 Å². The van der Waals surface area contributed by atoms with E-state index in [1.165, 1.54) is 0 Å². The monoisotopic (exact) mass is 398 g/mol. The fraction of sp³-hybridized carbons (Fsp3) is 0.600. The Morgan fingerprint density at radius 3 is 2.52 bits per heavy atom. The van der Waals surface area contributed by atoms with Gasteiger partial charge in [0, 0.05) is 12.6 Å². The molecule has 1 aliphatic rings. The van der Waals surface area contributed by atoms with E-state index in [2.05, 4.69) is 5.32 Å². The first-order valence-corrected chi connectivity index (χ1v) is 9.14. The minimum atomic E-state index is -0.954. The van der Waals surface area contributed by atoms with E-state index < -0.39 is 17.6 Å². The van der Waals surface area contributed by atoms with E-state index in [1.54, 1.807) is 4.90 Å². The van der Waals surface area contributed by atoms with Crippen LogP contribution in [0.4, 0.5) is 0 Å². The number of ether oxygens (including phenoxy) is 1. The van der Waals surface area contributed by atoms with Gasteiger partial charge in [-0.3, -0.25) is 14.5 Å². The van der Waals surface area contributed by atoms with Crippen molar-refractivity contribution in [1.29, 1.82) is 0 Å². The van der Waals surface area contributed by atoms with E-state index in [-0.39, 0.29) is 31.0 Å². The molecule has 1 aromatic rings. The van der Waals surface area contributed by atoms with Gasteiger partial charge in [0.25, 0.3) is 0 Å². The molecule has 0 aliphatic carbocycles. The molecule has 0 saturated carbocycles. The molecule has 2 rings (SSSR count). The van der Waals surface area contributed by atoms with E-state index >= 15 is 0 Å². The average Bonchev–Trinajstić information content (AvgIpc) is 3.01. The van der Waals surface area contributed by atoms with Crippen molar-refractivity contribution >= 4 is 24.3 Å². The molecule has 6 nitrogen and oxygen atoms in total. The summed E-state index contributed by atoms with van der Waals surface area (Å²) in [5.74, 6) is -1.32. The van der Waals surface area contributed by atoms with Crippen LogP contribution >= 0.6 is 12.4 Å². The number of halogens is 1. The van der Waals surface area contributed by atoms with E-state index in [0.29, 0.717) is 6.54 Å². The molecule has 0 bridgehead atoms. The first-order chi connectivity index (χ1) is 12.2. The molecule has 1 heterocycles. The highest BCUT2D eigenvalue weighted by Gasteiger charge is 2.39. The molecule has 7 heteroatoms. The van der Waals surface area contributed by atoms with E-state index in [1.807, 2.05) is 52.0 Å². The predicted molar refractivity (Wildman–Crippen MR) is 107 cm³/mol. The second-order valence-corrected chi connectivity index (χ2v) is 7.91. The summed E-state index contributed by atoms with van der Waals surface area (Å²) in [6.45, 7) is 8.48. The third kappa shape index (κ3) is 7.13. The second kappa shape index (κ2) is 10.1. The van der Waals surface area contributed by atoms with Gasteiger partial charge in [0.05, 0.1) is 6.54 Å². The molecule has 152 valence electrons. The molecule has 1 unspecified atom stereocenters. The molecule has 1 fully saturated rings. The Bertz CT molecular complexity index is 639. The Hall–Kier alpha value is -1.63. The number of aliphatic carboxylic acids is 1. The van der Waals surface area contributed by atoms with Crippen molar-refractivity contribution in [2.75, 3.05) is 13.1 Å². The number of carbonyl (C=O) groups is 2. The summed E-state index contributed by atoms with van der Waals surface area (Å²) in [5.41, 5.74) is 1.47. The quantitative estimate of drug-likeness (QED) is 0.687. The fourth-order valence-corrected chi connectivity index (χ4v) is 3.34. The van der Waals surface area contributed by atoms with Crippen LogP contribution in [0.15, 0.2) is 24.3 Å². The van der Waals surface area contributed by atoms with Crippen molar-refractivity contribution in [2.45, 2.75) is 64.8 Å². The molecule has 0 aromatic heterocycles. The highest BCUT2D eigenvalue weighted by molar-refractivity contribution is 5.85. The summed E-state index contributed by atoms with van der Waals surface area (Å²) in [7, 11) is 0. The number of hydrogen-bond acceptors (Lipinski definition) is 5. The van der Waals surface area contributed by atoms with Crippen molar-refractivity contribution in [1.82, 2.24) is 10.2 Å². The number of carboxylic acid groups (broad SMARTS) is 1. The number of hydrogen-bond donors (Lipinski definition) is 2. The molecule has 2 N–H and O–H groups in total. The van der Waals surface area contributed by atoms with Crippen LogP contribution in [0.25, 0.3) is 0 Å². The third-order valence-corrected chi connectivity index (χ3v) is 4.49. The van der Waals surface area contributed by atoms with E-state index in [4.69, 9.17) is 4.74 Å². The lowest BCUT2D eigenvalue weighted by atomic mass is 10.0. The Kier molecular flexibility index (Phi) is 8.72. The predicted octanol–water partition coefficient (Wildman–Crippen LogP) is 2.77. The molecule has 2 atom stereocenters. The zero-order valence-electron chi connectivity index (χ0n) is 16.5. The van der Waals surface area contributed by atoms with Gasteiger partial charge in [-0.2, -0.15) is 0 Å². The van der Waals surface area contributed by atoms with Crippen molar-refractivity contribution < 1.29 is 19.4 Å². The lowest BCUT2D eigenvalue weighted by molar-refractivity contribution is -0.163. The van der Waals surface area contributed by atoms with Crippen molar-refractivity contribution in [3.8, 4) is 0 Å². The summed E-state index contributed by atoms with van der Waals surface area (Å²) in [4.78, 5) is 26.2. The van der Waals surface area contributed by atoms with Gasteiger partial charge >= 0.3 is 11.9 Å². The summed E-state index contributed by atoms with van der Waals surface area (Å²) in [6, 6.07) is 7.10. The lowest BCUT2D eigenvalue weighted by Crippen LogP contribution is -2.55. The Morgan fingerprint density at radius 1 is 1.33 bits per heavy atom. The zero-order chi connectivity index (χ0) is 19.3. The van der Waals surface area contributed by atoms with Gasteiger partial charge in [0.15, 0.2) is 0 Å². The van der Waals surface area contributed by atoms with Crippen molar-refractivity contribution in [2.24, 2.45) is 0 Å². The van der Waals surface area contributed by atoms with Gasteiger partial charge in [-0.15, -0.1) is 12.4 Å². The molecule has 1 saturated heterocycles. The van der Waals surface area contributed by atoms with Crippen LogP contribution in [0.3, 0.4) is 0 Å². The van der Waals surface area contributed by atoms with Gasteiger partial charge < -0.3 is 15.2 Å². The maximum atomic E-state index is 12.9. The highest BCUT2D eigenvalue weighted by atomic mass is 35.5. The molecule has 0 spiro atoms. The molecular formula is C20H31ClN2O4. The second-order valence-electron chi connectivity index (χ2n) is 7.91. The molecule has 1 aromatic carbocycles. The normalized spacial score (nSPS) is 18.0. The van der Waals surface area contributed by atoms with Crippen LogP contribution in [0.5, 0.6) is 0 Å². The van der Waals surface area contributed by atoms with Gasteiger partial charge in [0.1, 0.15) is 11.6 Å². The fourth-order valence-electron chi connectivity index (χ4n) is 3.34. The van der Waals surface area contributed by atoms with Crippen molar-refractivity contribution in [3.63, 3.8) is 0 Å². The molecule has 0 radical (unpaired) electrons.